The van der Waals surface area contributed by atoms with Crippen LogP contribution in [0.1, 0.15) is 56.5 Å². The van der Waals surface area contributed by atoms with Crippen molar-refractivity contribution in [2.75, 3.05) is 19.8 Å². The Morgan fingerprint density at radius 3 is 2.64 bits per heavy atom. The molecule has 154 valence electrons. The van der Waals surface area contributed by atoms with Crippen LogP contribution < -0.4 is 5.56 Å². The summed E-state index contributed by atoms with van der Waals surface area (Å²) < 4.78 is 7.30. The minimum atomic E-state index is -0.250. The number of aromatic nitrogens is 4. The normalized spacial score (nSPS) is 14.6. The molecule has 0 amide bonds. The number of carboxylic acid groups (broad SMARTS) is 1. The van der Waals surface area contributed by atoms with E-state index in [0.717, 1.165) is 49.0 Å². The Bertz CT molecular complexity index is 809. The van der Waals surface area contributed by atoms with Gasteiger partial charge in [-0.1, -0.05) is 13.8 Å². The van der Waals surface area contributed by atoms with Gasteiger partial charge in [0.1, 0.15) is 0 Å². The van der Waals surface area contributed by atoms with E-state index in [1.54, 1.807) is 0 Å². The van der Waals surface area contributed by atoms with Gasteiger partial charge in [0.05, 0.1) is 0 Å². The molecule has 1 saturated heterocycles. The van der Waals surface area contributed by atoms with Crippen LogP contribution in [-0.2, 0) is 16.1 Å². The van der Waals surface area contributed by atoms with Crippen molar-refractivity contribution in [2.45, 2.75) is 51.5 Å². The molecule has 0 aromatic carbocycles. The molecule has 0 atom stereocenters. The number of hydrogen-bond acceptors (Lipinski definition) is 6. The molecule has 3 N–H and O–H groups in total. The van der Waals surface area contributed by atoms with E-state index in [4.69, 9.17) is 24.7 Å². The lowest BCUT2D eigenvalue weighted by atomic mass is 10.00. The van der Waals surface area contributed by atoms with E-state index >= 15 is 0 Å². The fourth-order valence-electron chi connectivity index (χ4n) is 3.20. The van der Waals surface area contributed by atoms with Crippen LogP contribution in [0, 0.1) is 0 Å². The Kier molecular flexibility index (Phi) is 8.34. The topological polar surface area (TPSA) is 130 Å². The molecular formula is C19H28N4O5. The van der Waals surface area contributed by atoms with Gasteiger partial charge in [0.15, 0.2) is 11.6 Å². The maximum atomic E-state index is 11.7. The van der Waals surface area contributed by atoms with Crippen LogP contribution >= 0.6 is 0 Å². The third kappa shape index (κ3) is 5.49. The quantitative estimate of drug-likeness (QED) is 0.638. The zero-order valence-electron chi connectivity index (χ0n) is 16.3. The molecule has 1 aliphatic rings. The summed E-state index contributed by atoms with van der Waals surface area (Å²) in [5.74, 6) is 2.05. The first-order valence-electron chi connectivity index (χ1n) is 9.46. The monoisotopic (exact) mass is 392 g/mol. The van der Waals surface area contributed by atoms with E-state index in [9.17, 15) is 9.90 Å². The number of hydrogen-bond donors (Lipinski definition) is 3. The van der Waals surface area contributed by atoms with Gasteiger partial charge in [-0.3, -0.25) is 9.59 Å². The molecule has 28 heavy (non-hydrogen) atoms. The van der Waals surface area contributed by atoms with Crippen LogP contribution in [0.2, 0.25) is 0 Å². The van der Waals surface area contributed by atoms with E-state index in [1.807, 2.05) is 24.6 Å². The number of aromatic amines is 1. The number of aliphatic hydroxyl groups is 1. The predicted octanol–water partition coefficient (Wildman–Crippen LogP) is 1.73. The molecule has 0 unspecified atom stereocenters. The summed E-state index contributed by atoms with van der Waals surface area (Å²) in [6.07, 6.45) is 2.46. The third-order valence-electron chi connectivity index (χ3n) is 4.57. The molecule has 0 spiro atoms. The van der Waals surface area contributed by atoms with Gasteiger partial charge in [-0.05, 0) is 31.2 Å². The molecule has 0 bridgehead atoms. The number of aryl methyl sites for hydroxylation is 1. The summed E-state index contributed by atoms with van der Waals surface area (Å²) in [6, 6.07) is 3.35. The van der Waals surface area contributed by atoms with Crippen LogP contribution in [0.15, 0.2) is 16.9 Å². The van der Waals surface area contributed by atoms with Gasteiger partial charge in [0.2, 0.25) is 5.56 Å². The van der Waals surface area contributed by atoms with Gasteiger partial charge in [-0.15, -0.1) is 0 Å². The average molecular weight is 392 g/mol. The Hall–Kier alpha value is -2.52. The highest BCUT2D eigenvalue weighted by molar-refractivity contribution is 5.59. The number of pyridine rings is 1. The number of nitrogens with zero attached hydrogens (tertiary/aromatic N) is 3. The van der Waals surface area contributed by atoms with Gasteiger partial charge in [0, 0.05) is 49.6 Å². The lowest BCUT2D eigenvalue weighted by molar-refractivity contribution is -0.122. The molecular weight excluding hydrogens is 364 g/mol. The second-order valence-corrected chi connectivity index (χ2v) is 6.89. The summed E-state index contributed by atoms with van der Waals surface area (Å²) in [7, 11) is 0. The lowest BCUT2D eigenvalue weighted by Crippen LogP contribution is -2.15. The zero-order valence-corrected chi connectivity index (χ0v) is 16.3. The SMILES string of the molecule is CC(C)c1[nH]c(=O)ccc1-c1nc(C2CCOCC2)nn1CCCO.O=CO. The third-order valence-corrected chi connectivity index (χ3v) is 4.57. The molecule has 3 heterocycles. The number of aliphatic hydroxyl groups excluding tert-OH is 1. The predicted molar refractivity (Wildman–Crippen MR) is 103 cm³/mol. The number of rotatable bonds is 6. The van der Waals surface area contributed by atoms with Gasteiger partial charge in [-0.2, -0.15) is 5.10 Å². The van der Waals surface area contributed by atoms with Gasteiger partial charge < -0.3 is 19.9 Å². The highest BCUT2D eigenvalue weighted by Gasteiger charge is 2.24. The summed E-state index contributed by atoms with van der Waals surface area (Å²) in [5.41, 5.74) is 1.65. The van der Waals surface area contributed by atoms with Crippen molar-refractivity contribution in [3.8, 4) is 11.4 Å². The molecule has 0 aliphatic carbocycles. The van der Waals surface area contributed by atoms with Crippen LogP contribution in [0.4, 0.5) is 0 Å². The van der Waals surface area contributed by atoms with Crippen LogP contribution in [0.3, 0.4) is 0 Å². The molecule has 0 radical (unpaired) electrons. The number of carbonyl (C=O) groups is 1. The Morgan fingerprint density at radius 1 is 1.36 bits per heavy atom. The Balaban J connectivity index is 0.000000878. The average Bonchev–Trinajstić information content (AvgIpc) is 3.11. The maximum absolute atomic E-state index is 11.7. The molecule has 2 aromatic heterocycles. The van der Waals surface area contributed by atoms with Crippen molar-refractivity contribution in [2.24, 2.45) is 0 Å². The molecule has 1 fully saturated rings. The van der Waals surface area contributed by atoms with Crippen molar-refractivity contribution >= 4 is 6.47 Å². The van der Waals surface area contributed by atoms with Gasteiger partial charge in [-0.25, -0.2) is 9.67 Å². The van der Waals surface area contributed by atoms with E-state index in [-0.39, 0.29) is 24.6 Å². The van der Waals surface area contributed by atoms with Gasteiger partial charge in [0.25, 0.3) is 6.47 Å². The zero-order chi connectivity index (χ0) is 20.5. The molecule has 3 rings (SSSR count). The van der Waals surface area contributed by atoms with Crippen LogP contribution in [-0.4, -0.2) is 56.3 Å². The van der Waals surface area contributed by atoms with Crippen molar-refractivity contribution in [3.63, 3.8) is 0 Å². The summed E-state index contributed by atoms with van der Waals surface area (Å²) in [6.45, 7) is 6.01. The summed E-state index contributed by atoms with van der Waals surface area (Å²) >= 11 is 0. The van der Waals surface area contributed by atoms with E-state index in [2.05, 4.69) is 4.98 Å². The molecule has 1 aliphatic heterocycles. The highest BCUT2D eigenvalue weighted by atomic mass is 16.5. The molecule has 9 heteroatoms. The minimum Gasteiger partial charge on any atom is -0.483 e. The standard InChI is InChI=1S/C18H26N4O3.CH2O2/c1-12(2)16-14(4-5-15(24)19-16)18-20-17(13-6-10-25-11-7-13)21-22(18)8-3-9-23;2-1-3/h4-5,12-13,23H,3,6-11H2,1-2H3,(H,19,24);1H,(H,2,3). The van der Waals surface area contributed by atoms with E-state index in [0.29, 0.717) is 18.9 Å². The number of nitrogens with one attached hydrogen (secondary N) is 1. The lowest BCUT2D eigenvalue weighted by Gasteiger charge is -2.18. The summed E-state index contributed by atoms with van der Waals surface area (Å²) in [5, 5.41) is 20.8. The first kappa shape index (κ1) is 21.8. The smallest absolute Gasteiger partial charge is 0.290 e. The Labute approximate surface area is 163 Å². The van der Waals surface area contributed by atoms with Crippen molar-refractivity contribution in [1.82, 2.24) is 19.7 Å². The molecule has 2 aromatic rings. The number of H-pyrrole nitrogens is 1. The van der Waals surface area contributed by atoms with Crippen molar-refractivity contribution in [1.29, 1.82) is 0 Å². The maximum Gasteiger partial charge on any atom is 0.290 e. The Morgan fingerprint density at radius 2 is 2.04 bits per heavy atom. The second-order valence-electron chi connectivity index (χ2n) is 6.89. The first-order valence-corrected chi connectivity index (χ1v) is 9.46. The fourth-order valence-corrected chi connectivity index (χ4v) is 3.20. The van der Waals surface area contributed by atoms with E-state index < -0.39 is 0 Å². The highest BCUT2D eigenvalue weighted by Crippen LogP contribution is 2.29. The van der Waals surface area contributed by atoms with Crippen molar-refractivity contribution < 1.29 is 19.7 Å². The first-order chi connectivity index (χ1) is 13.5. The molecule has 0 saturated carbocycles. The largest absolute Gasteiger partial charge is 0.483 e. The second kappa shape index (κ2) is 10.7. The molecule has 9 nitrogen and oxygen atoms in total. The summed E-state index contributed by atoms with van der Waals surface area (Å²) in [4.78, 5) is 27.9. The van der Waals surface area contributed by atoms with E-state index in [1.165, 1.54) is 6.07 Å². The fraction of sp³-hybridized carbons (Fsp3) is 0.579. The van der Waals surface area contributed by atoms with Gasteiger partial charge >= 0.3 is 0 Å². The van der Waals surface area contributed by atoms with Crippen LogP contribution in [0.25, 0.3) is 11.4 Å². The number of ether oxygens (including phenoxy) is 1. The van der Waals surface area contributed by atoms with Crippen LogP contribution in [0.5, 0.6) is 0 Å². The van der Waals surface area contributed by atoms with Crippen molar-refractivity contribution in [3.05, 3.63) is 34.0 Å². The minimum absolute atomic E-state index is 0.106.